The molecule has 0 radical (unpaired) electrons. The summed E-state index contributed by atoms with van der Waals surface area (Å²) in [7, 11) is 3.36. The Morgan fingerprint density at radius 2 is 1.92 bits per heavy atom. The standard InChI is InChI=1S/C19H30N2O3/c1-14-9-18(23-2)19(24-3)10-15(14)11-21-13-16-5-4-7-20(16)12-17(21)6-8-22/h9-10,16-17,22H,4-8,11-13H2,1-3H3/t16-,17+/m1/s1. The fraction of sp³-hybridized carbons (Fsp3) is 0.684. The second-order valence-corrected chi connectivity index (χ2v) is 7.02. The first-order chi connectivity index (χ1) is 11.7. The Morgan fingerprint density at radius 3 is 2.62 bits per heavy atom. The number of benzene rings is 1. The molecule has 134 valence electrons. The number of fused-ring (bicyclic) bond motifs is 1. The molecule has 1 aromatic carbocycles. The van der Waals surface area contributed by atoms with Crippen LogP contribution in [0.4, 0.5) is 0 Å². The van der Waals surface area contributed by atoms with Gasteiger partial charge in [-0.25, -0.2) is 0 Å². The Balaban J connectivity index is 1.79. The average molecular weight is 334 g/mol. The van der Waals surface area contributed by atoms with E-state index in [1.165, 1.54) is 30.5 Å². The second-order valence-electron chi connectivity index (χ2n) is 7.02. The maximum absolute atomic E-state index is 9.47. The maximum atomic E-state index is 9.47. The van der Waals surface area contributed by atoms with Gasteiger partial charge in [-0.3, -0.25) is 9.80 Å². The summed E-state index contributed by atoms with van der Waals surface area (Å²) in [6.07, 6.45) is 3.45. The Labute approximate surface area is 145 Å². The summed E-state index contributed by atoms with van der Waals surface area (Å²) in [5.41, 5.74) is 2.51. The second kappa shape index (κ2) is 7.72. The molecule has 2 aliphatic heterocycles. The van der Waals surface area contributed by atoms with Crippen molar-refractivity contribution in [3.05, 3.63) is 23.3 Å². The molecule has 0 unspecified atom stereocenters. The van der Waals surface area contributed by atoms with E-state index in [0.717, 1.165) is 37.6 Å². The molecule has 2 saturated heterocycles. The monoisotopic (exact) mass is 334 g/mol. The van der Waals surface area contributed by atoms with E-state index in [0.29, 0.717) is 12.1 Å². The zero-order chi connectivity index (χ0) is 17.1. The number of aliphatic hydroxyl groups excluding tert-OH is 1. The molecule has 2 aliphatic rings. The molecule has 5 heteroatoms. The molecule has 5 nitrogen and oxygen atoms in total. The van der Waals surface area contributed by atoms with Crippen LogP contribution in [0.15, 0.2) is 12.1 Å². The molecule has 1 N–H and O–H groups in total. The number of methoxy groups -OCH3 is 2. The van der Waals surface area contributed by atoms with Crippen LogP contribution in [0.5, 0.6) is 11.5 Å². The van der Waals surface area contributed by atoms with Gasteiger partial charge in [0.05, 0.1) is 14.2 Å². The van der Waals surface area contributed by atoms with Gasteiger partial charge in [0.2, 0.25) is 0 Å². The average Bonchev–Trinajstić information content (AvgIpc) is 3.03. The first-order valence-electron chi connectivity index (χ1n) is 8.96. The molecule has 2 heterocycles. The normalized spacial score (nSPS) is 24.8. The van der Waals surface area contributed by atoms with E-state index >= 15 is 0 Å². The third kappa shape index (κ3) is 3.53. The smallest absolute Gasteiger partial charge is 0.161 e. The minimum absolute atomic E-state index is 0.255. The summed E-state index contributed by atoms with van der Waals surface area (Å²) < 4.78 is 10.9. The van der Waals surface area contributed by atoms with Crippen molar-refractivity contribution in [3.63, 3.8) is 0 Å². The predicted molar refractivity (Wildman–Crippen MR) is 94.8 cm³/mol. The third-order valence-corrected chi connectivity index (χ3v) is 5.58. The molecule has 24 heavy (non-hydrogen) atoms. The molecule has 0 amide bonds. The lowest BCUT2D eigenvalue weighted by atomic mass is 10.0. The summed E-state index contributed by atoms with van der Waals surface area (Å²) in [6, 6.07) is 5.27. The summed E-state index contributed by atoms with van der Waals surface area (Å²) in [4.78, 5) is 5.16. The van der Waals surface area contributed by atoms with Crippen molar-refractivity contribution in [2.75, 3.05) is 40.5 Å². The van der Waals surface area contributed by atoms with E-state index in [2.05, 4.69) is 28.9 Å². The Kier molecular flexibility index (Phi) is 5.64. The van der Waals surface area contributed by atoms with Crippen LogP contribution in [0.1, 0.15) is 30.4 Å². The molecule has 2 fully saturated rings. The van der Waals surface area contributed by atoms with Gasteiger partial charge >= 0.3 is 0 Å². The Bertz CT molecular complexity index is 564. The van der Waals surface area contributed by atoms with Crippen molar-refractivity contribution in [2.45, 2.75) is 44.8 Å². The summed E-state index contributed by atoms with van der Waals surface area (Å²) >= 11 is 0. The van der Waals surface area contributed by atoms with E-state index in [4.69, 9.17) is 9.47 Å². The summed E-state index contributed by atoms with van der Waals surface area (Å²) in [6.45, 7) is 6.68. The lowest BCUT2D eigenvalue weighted by Crippen LogP contribution is -2.55. The van der Waals surface area contributed by atoms with Gasteiger partial charge in [0, 0.05) is 38.3 Å². The van der Waals surface area contributed by atoms with Gasteiger partial charge in [0.1, 0.15) is 0 Å². The molecular weight excluding hydrogens is 304 g/mol. The van der Waals surface area contributed by atoms with E-state index in [9.17, 15) is 5.11 Å². The molecule has 0 spiro atoms. The number of rotatable bonds is 6. The van der Waals surface area contributed by atoms with E-state index in [1.54, 1.807) is 14.2 Å². The quantitative estimate of drug-likeness (QED) is 0.863. The highest BCUT2D eigenvalue weighted by Gasteiger charge is 2.36. The zero-order valence-corrected chi connectivity index (χ0v) is 15.1. The minimum Gasteiger partial charge on any atom is -0.493 e. The number of piperazine rings is 1. The van der Waals surface area contributed by atoms with E-state index in [-0.39, 0.29) is 6.61 Å². The Morgan fingerprint density at radius 1 is 1.17 bits per heavy atom. The predicted octanol–water partition coefficient (Wildman–Crippen LogP) is 2.04. The van der Waals surface area contributed by atoms with Crippen molar-refractivity contribution in [3.8, 4) is 11.5 Å². The SMILES string of the molecule is COc1cc(C)c(CN2C[C@H]3CCCN3C[C@@H]2CCO)cc1OC. The Hall–Kier alpha value is -1.30. The van der Waals surface area contributed by atoms with Gasteiger partial charge in [0.15, 0.2) is 11.5 Å². The first kappa shape index (κ1) is 17.5. The lowest BCUT2D eigenvalue weighted by molar-refractivity contribution is 0.0332. The van der Waals surface area contributed by atoms with Crippen LogP contribution < -0.4 is 9.47 Å². The van der Waals surface area contributed by atoms with Crippen LogP contribution in [-0.4, -0.2) is 67.5 Å². The molecule has 0 aliphatic carbocycles. The van der Waals surface area contributed by atoms with Crippen molar-refractivity contribution in [2.24, 2.45) is 0 Å². The number of hydrogen-bond donors (Lipinski definition) is 1. The zero-order valence-electron chi connectivity index (χ0n) is 15.1. The van der Waals surface area contributed by atoms with Crippen molar-refractivity contribution >= 4 is 0 Å². The van der Waals surface area contributed by atoms with Crippen molar-refractivity contribution in [1.82, 2.24) is 9.80 Å². The fourth-order valence-electron chi connectivity index (χ4n) is 4.18. The first-order valence-corrected chi connectivity index (χ1v) is 8.96. The largest absolute Gasteiger partial charge is 0.493 e. The molecule has 1 aromatic rings. The lowest BCUT2D eigenvalue weighted by Gasteiger charge is -2.44. The van der Waals surface area contributed by atoms with Crippen LogP contribution in [0.2, 0.25) is 0 Å². The maximum Gasteiger partial charge on any atom is 0.161 e. The van der Waals surface area contributed by atoms with Gasteiger partial charge in [0.25, 0.3) is 0 Å². The van der Waals surface area contributed by atoms with Crippen LogP contribution in [0.25, 0.3) is 0 Å². The van der Waals surface area contributed by atoms with Crippen LogP contribution >= 0.6 is 0 Å². The van der Waals surface area contributed by atoms with E-state index in [1.807, 2.05) is 0 Å². The van der Waals surface area contributed by atoms with Gasteiger partial charge in [-0.1, -0.05) is 0 Å². The van der Waals surface area contributed by atoms with Gasteiger partial charge in [-0.15, -0.1) is 0 Å². The molecule has 0 aromatic heterocycles. The fourth-order valence-corrected chi connectivity index (χ4v) is 4.18. The molecule has 2 atom stereocenters. The summed E-state index contributed by atoms with van der Waals surface area (Å²) in [5, 5.41) is 9.47. The van der Waals surface area contributed by atoms with Gasteiger partial charge in [-0.05, 0) is 56.0 Å². The molecule has 3 rings (SSSR count). The highest BCUT2D eigenvalue weighted by molar-refractivity contribution is 5.47. The molecular formula is C19H30N2O3. The number of hydrogen-bond acceptors (Lipinski definition) is 5. The minimum atomic E-state index is 0.255. The number of aliphatic hydroxyl groups is 1. The molecule has 0 saturated carbocycles. The van der Waals surface area contributed by atoms with E-state index < -0.39 is 0 Å². The number of ether oxygens (including phenoxy) is 2. The van der Waals surface area contributed by atoms with Crippen molar-refractivity contribution < 1.29 is 14.6 Å². The highest BCUT2D eigenvalue weighted by Crippen LogP contribution is 2.32. The van der Waals surface area contributed by atoms with Crippen LogP contribution in [0, 0.1) is 6.92 Å². The van der Waals surface area contributed by atoms with Crippen LogP contribution in [0.3, 0.4) is 0 Å². The number of nitrogens with zero attached hydrogens (tertiary/aromatic N) is 2. The van der Waals surface area contributed by atoms with Crippen LogP contribution in [-0.2, 0) is 6.54 Å². The van der Waals surface area contributed by atoms with Crippen molar-refractivity contribution in [1.29, 1.82) is 0 Å². The molecule has 0 bridgehead atoms. The third-order valence-electron chi connectivity index (χ3n) is 5.58. The highest BCUT2D eigenvalue weighted by atomic mass is 16.5. The van der Waals surface area contributed by atoms with Gasteiger partial charge < -0.3 is 14.6 Å². The number of aryl methyl sites for hydroxylation is 1. The van der Waals surface area contributed by atoms with Gasteiger partial charge in [-0.2, -0.15) is 0 Å². The summed E-state index contributed by atoms with van der Waals surface area (Å²) in [5.74, 6) is 1.57. The topological polar surface area (TPSA) is 45.2 Å².